The minimum Gasteiger partial charge on any atom is -0.462 e. The van der Waals surface area contributed by atoms with E-state index in [0.29, 0.717) is 31.6 Å². The van der Waals surface area contributed by atoms with Gasteiger partial charge >= 0.3 is 39.5 Å². The van der Waals surface area contributed by atoms with E-state index in [2.05, 4.69) is 55.4 Å². The second-order valence-electron chi connectivity index (χ2n) is 28.7. The SMILES string of the molecule is CCC(C)CCCCCCCCC(=O)OC[C@H](COP(=O)(O)OC[C@H](O)COP(=O)(O)OC[C@@H](COC(=O)CCCCCCCCCCCCCCCCCC(C)C)OC(=O)CCCCCCCCC(C)C)OC(=O)CCCCCCCCCCCCCCCCC(C)C. The zero-order valence-electron chi connectivity index (χ0n) is 61.6. The van der Waals surface area contributed by atoms with E-state index < -0.39 is 97.5 Å². The minimum absolute atomic E-state index is 0.102. The van der Waals surface area contributed by atoms with Crippen LogP contribution in [0.4, 0.5) is 0 Å². The molecule has 0 amide bonds. The maximum Gasteiger partial charge on any atom is 0.472 e. The molecule has 0 aromatic carbocycles. The van der Waals surface area contributed by atoms with E-state index in [0.717, 1.165) is 114 Å². The molecule has 0 heterocycles. The maximum atomic E-state index is 13.0. The number of phosphoric acid groups is 2. The van der Waals surface area contributed by atoms with Gasteiger partial charge in [-0.3, -0.25) is 37.3 Å². The Morgan fingerprint density at radius 1 is 0.298 bits per heavy atom. The fourth-order valence-electron chi connectivity index (χ4n) is 11.3. The van der Waals surface area contributed by atoms with Crippen LogP contribution in [0, 0.1) is 23.7 Å². The molecule has 0 saturated carbocycles. The van der Waals surface area contributed by atoms with Crippen molar-refractivity contribution in [3.05, 3.63) is 0 Å². The summed E-state index contributed by atoms with van der Waals surface area (Å²) in [6.45, 7) is 14.1. The van der Waals surface area contributed by atoms with Gasteiger partial charge in [-0.25, -0.2) is 9.13 Å². The van der Waals surface area contributed by atoms with Gasteiger partial charge in [-0.15, -0.1) is 0 Å². The number of hydrogen-bond donors (Lipinski definition) is 3. The van der Waals surface area contributed by atoms with Crippen LogP contribution in [-0.4, -0.2) is 96.7 Å². The summed E-state index contributed by atoms with van der Waals surface area (Å²) in [7, 11) is -9.91. The highest BCUT2D eigenvalue weighted by atomic mass is 31.2. The Hall–Kier alpha value is -1.94. The molecule has 0 radical (unpaired) electrons. The molecule has 94 heavy (non-hydrogen) atoms. The topological polar surface area (TPSA) is 237 Å². The van der Waals surface area contributed by atoms with E-state index >= 15 is 0 Å². The fraction of sp³-hybridized carbons (Fsp3) is 0.947. The summed E-state index contributed by atoms with van der Waals surface area (Å²) in [5.41, 5.74) is 0. The van der Waals surface area contributed by atoms with Gasteiger partial charge in [-0.05, 0) is 49.4 Å². The average molecular weight is 1380 g/mol. The number of phosphoric ester groups is 2. The molecule has 0 aromatic rings. The summed E-state index contributed by atoms with van der Waals surface area (Å²) in [6, 6.07) is 0. The Morgan fingerprint density at radius 2 is 0.511 bits per heavy atom. The lowest BCUT2D eigenvalue weighted by Crippen LogP contribution is -2.30. The van der Waals surface area contributed by atoms with E-state index in [1.54, 1.807) is 0 Å². The zero-order chi connectivity index (χ0) is 69.6. The molecule has 3 N–H and O–H groups in total. The molecule has 0 aliphatic heterocycles. The molecule has 17 nitrogen and oxygen atoms in total. The Morgan fingerprint density at radius 3 is 0.755 bits per heavy atom. The second-order valence-corrected chi connectivity index (χ2v) is 31.6. The number of unbranched alkanes of at least 4 members (excludes halogenated alkanes) is 37. The number of aliphatic hydroxyl groups excluding tert-OH is 1. The number of carbonyl (C=O) groups is 4. The van der Waals surface area contributed by atoms with Gasteiger partial charge < -0.3 is 33.8 Å². The molecule has 19 heteroatoms. The fourth-order valence-corrected chi connectivity index (χ4v) is 12.9. The highest BCUT2D eigenvalue weighted by Gasteiger charge is 2.30. The third-order valence-corrected chi connectivity index (χ3v) is 19.6. The summed E-state index contributed by atoms with van der Waals surface area (Å²) in [6.07, 6.45) is 48.9. The van der Waals surface area contributed by atoms with Crippen molar-refractivity contribution < 1.29 is 80.2 Å². The number of esters is 4. The first kappa shape index (κ1) is 92.1. The van der Waals surface area contributed by atoms with Crippen LogP contribution in [0.15, 0.2) is 0 Å². The Balaban J connectivity index is 5.17. The smallest absolute Gasteiger partial charge is 0.462 e. The highest BCUT2D eigenvalue weighted by molar-refractivity contribution is 7.47. The number of hydrogen-bond acceptors (Lipinski definition) is 15. The quantitative estimate of drug-likeness (QED) is 0.0222. The third-order valence-electron chi connectivity index (χ3n) is 17.7. The van der Waals surface area contributed by atoms with Gasteiger partial charge in [0.15, 0.2) is 12.2 Å². The number of rotatable bonds is 72. The lowest BCUT2D eigenvalue weighted by Gasteiger charge is -2.21. The molecule has 0 fully saturated rings. The van der Waals surface area contributed by atoms with E-state index in [-0.39, 0.29) is 25.7 Å². The number of carbonyl (C=O) groups excluding carboxylic acids is 4. The lowest BCUT2D eigenvalue weighted by molar-refractivity contribution is -0.161. The predicted molar refractivity (Wildman–Crippen MR) is 381 cm³/mol. The largest absolute Gasteiger partial charge is 0.472 e. The van der Waals surface area contributed by atoms with Gasteiger partial charge in [0.1, 0.15) is 19.3 Å². The molecular formula is C75H146O17P2. The summed E-state index contributed by atoms with van der Waals surface area (Å²) in [5, 5.41) is 10.6. The van der Waals surface area contributed by atoms with Crippen LogP contribution in [0.2, 0.25) is 0 Å². The molecular weight excluding hydrogens is 1230 g/mol. The van der Waals surface area contributed by atoms with Crippen molar-refractivity contribution >= 4 is 39.5 Å². The van der Waals surface area contributed by atoms with E-state index in [1.807, 2.05) is 0 Å². The van der Waals surface area contributed by atoms with E-state index in [1.165, 1.54) is 173 Å². The van der Waals surface area contributed by atoms with E-state index in [4.69, 9.17) is 37.0 Å². The standard InChI is InChI=1S/C75H146O17P2/c1-9-68(8)54-46-38-32-34-40-48-56-73(78)86-62-70(91-74(79)57-49-41-30-26-22-18-14-13-16-20-24-28-36-44-52-66(4)5)63-89-93(81,82)87-59-69(76)60-88-94(83,84)90-64-71(92-75(80)58-50-42-33-31-37-45-53-67(6)7)61-85-72(77)55-47-39-29-25-21-17-12-10-11-15-19-23-27-35-43-51-65(2)3/h65-71,76H,9-64H2,1-8H3,(H,81,82)(H,83,84)/t68?,69-,70+,71+/m0/s1. The van der Waals surface area contributed by atoms with Crippen molar-refractivity contribution in [1.82, 2.24) is 0 Å². The van der Waals surface area contributed by atoms with Gasteiger partial charge in [-0.2, -0.15) is 0 Å². The first-order valence-corrected chi connectivity index (χ1v) is 41.7. The highest BCUT2D eigenvalue weighted by Crippen LogP contribution is 2.45. The molecule has 0 aliphatic carbocycles. The molecule has 0 rings (SSSR count). The van der Waals surface area contributed by atoms with Crippen LogP contribution in [0.1, 0.15) is 376 Å². The van der Waals surface area contributed by atoms with Gasteiger partial charge in [-0.1, -0.05) is 325 Å². The molecule has 0 aliphatic rings. The van der Waals surface area contributed by atoms with Crippen molar-refractivity contribution in [2.24, 2.45) is 23.7 Å². The van der Waals surface area contributed by atoms with Crippen LogP contribution in [-0.2, 0) is 65.4 Å². The second kappa shape index (κ2) is 64.4. The molecule has 558 valence electrons. The normalized spacial score (nSPS) is 14.4. The van der Waals surface area contributed by atoms with Crippen LogP contribution >= 0.6 is 15.6 Å². The molecule has 0 spiro atoms. The molecule has 0 bridgehead atoms. The Kier molecular flexibility index (Phi) is 63.1. The van der Waals surface area contributed by atoms with Gasteiger partial charge in [0.05, 0.1) is 26.4 Å². The first-order chi connectivity index (χ1) is 45.1. The Labute approximate surface area is 575 Å². The first-order valence-electron chi connectivity index (χ1n) is 38.7. The van der Waals surface area contributed by atoms with Crippen molar-refractivity contribution in [3.8, 4) is 0 Å². The van der Waals surface area contributed by atoms with Crippen LogP contribution in [0.5, 0.6) is 0 Å². The molecule has 6 atom stereocenters. The third kappa shape index (κ3) is 67.3. The number of aliphatic hydroxyl groups is 1. The van der Waals surface area contributed by atoms with Crippen LogP contribution in [0.3, 0.4) is 0 Å². The lowest BCUT2D eigenvalue weighted by atomic mass is 10.00. The summed E-state index contributed by atoms with van der Waals surface area (Å²) in [5.74, 6) is 0.874. The van der Waals surface area contributed by atoms with Crippen molar-refractivity contribution in [2.75, 3.05) is 39.6 Å². The molecule has 0 saturated heterocycles. The Bertz CT molecular complexity index is 1850. The van der Waals surface area contributed by atoms with Gasteiger partial charge in [0.2, 0.25) is 0 Å². The monoisotopic (exact) mass is 1380 g/mol. The van der Waals surface area contributed by atoms with E-state index in [9.17, 15) is 43.2 Å². The van der Waals surface area contributed by atoms with Gasteiger partial charge in [0.25, 0.3) is 0 Å². The molecule has 0 aromatic heterocycles. The summed E-state index contributed by atoms with van der Waals surface area (Å²) < 4.78 is 68.4. The van der Waals surface area contributed by atoms with Crippen molar-refractivity contribution in [1.29, 1.82) is 0 Å². The number of ether oxygens (including phenoxy) is 4. The predicted octanol–water partition coefficient (Wildman–Crippen LogP) is 21.7. The van der Waals surface area contributed by atoms with Gasteiger partial charge in [0, 0.05) is 25.7 Å². The average Bonchev–Trinajstić information content (AvgIpc) is 1.11. The van der Waals surface area contributed by atoms with Crippen LogP contribution in [0.25, 0.3) is 0 Å². The maximum absolute atomic E-state index is 13.0. The van der Waals surface area contributed by atoms with Crippen LogP contribution < -0.4 is 0 Å². The molecule has 3 unspecified atom stereocenters. The van der Waals surface area contributed by atoms with Crippen molar-refractivity contribution in [2.45, 2.75) is 395 Å². The summed E-state index contributed by atoms with van der Waals surface area (Å²) in [4.78, 5) is 72.7. The zero-order valence-corrected chi connectivity index (χ0v) is 63.4. The summed E-state index contributed by atoms with van der Waals surface area (Å²) >= 11 is 0. The minimum atomic E-state index is -4.95. The van der Waals surface area contributed by atoms with Crippen molar-refractivity contribution in [3.63, 3.8) is 0 Å².